The van der Waals surface area contributed by atoms with E-state index in [-0.39, 0.29) is 29.9 Å². The Balaban J connectivity index is 1.35. The fraction of sp³-hybridized carbons (Fsp3) is 0.441. The van der Waals surface area contributed by atoms with Crippen molar-refractivity contribution >= 4 is 15.9 Å². The van der Waals surface area contributed by atoms with Crippen LogP contribution in [0.3, 0.4) is 0 Å². The van der Waals surface area contributed by atoms with Gasteiger partial charge in [0.15, 0.2) is 9.84 Å². The van der Waals surface area contributed by atoms with E-state index in [9.17, 15) is 13.2 Å². The van der Waals surface area contributed by atoms with Crippen molar-refractivity contribution < 1.29 is 17.9 Å². The molecule has 1 heterocycles. The van der Waals surface area contributed by atoms with Gasteiger partial charge in [0, 0.05) is 19.1 Å². The molecule has 1 aliphatic rings. The number of ether oxygens (including phenoxy) is 1. The highest BCUT2D eigenvalue weighted by Crippen LogP contribution is 2.33. The molecule has 1 saturated heterocycles. The zero-order valence-electron chi connectivity index (χ0n) is 24.5. The molecule has 41 heavy (non-hydrogen) atoms. The summed E-state index contributed by atoms with van der Waals surface area (Å²) in [4.78, 5) is 17.7. The summed E-state index contributed by atoms with van der Waals surface area (Å²) in [6, 6.07) is 29.0. The standard InChI is InChI=1S/C34H44N2O4S/c1-3-36(33(37)40-28-29-14-7-4-8-15-29)31-18-13-24-35(25-21-31)26-22-34(2,30-16-9-5-10-17-30)23-27-41(38,39)32-19-11-6-12-20-32/h4-12,14-17,19-20,31H,3,13,18,21-28H2,1-2H3. The molecule has 6 nitrogen and oxygen atoms in total. The maximum atomic E-state index is 13.1. The minimum Gasteiger partial charge on any atom is -0.445 e. The molecule has 3 aromatic carbocycles. The molecule has 0 N–H and O–H groups in total. The first-order valence-electron chi connectivity index (χ1n) is 14.8. The molecule has 7 heteroatoms. The van der Waals surface area contributed by atoms with E-state index in [1.165, 1.54) is 5.56 Å². The van der Waals surface area contributed by atoms with Crippen LogP contribution in [0.5, 0.6) is 0 Å². The SMILES string of the molecule is CCN(C(=O)OCc1ccccc1)C1CCCN(CCC(C)(CCS(=O)(=O)c2ccccc2)c2ccccc2)CC1. The van der Waals surface area contributed by atoms with Gasteiger partial charge in [0.2, 0.25) is 0 Å². The Morgan fingerprint density at radius 2 is 1.54 bits per heavy atom. The first-order valence-corrected chi connectivity index (χ1v) is 16.5. The molecule has 0 bridgehead atoms. The number of sulfone groups is 1. The van der Waals surface area contributed by atoms with Crippen LogP contribution in [0.2, 0.25) is 0 Å². The van der Waals surface area contributed by atoms with Crippen molar-refractivity contribution in [3.05, 3.63) is 102 Å². The van der Waals surface area contributed by atoms with E-state index in [0.29, 0.717) is 17.9 Å². The summed E-state index contributed by atoms with van der Waals surface area (Å²) in [5.41, 5.74) is 1.89. The monoisotopic (exact) mass is 576 g/mol. The van der Waals surface area contributed by atoms with Crippen LogP contribution < -0.4 is 0 Å². The lowest BCUT2D eigenvalue weighted by atomic mass is 9.77. The summed E-state index contributed by atoms with van der Waals surface area (Å²) in [6.07, 6.45) is 4.04. The van der Waals surface area contributed by atoms with Crippen LogP contribution in [-0.2, 0) is 26.6 Å². The quantitative estimate of drug-likeness (QED) is 0.240. The van der Waals surface area contributed by atoms with Gasteiger partial charge in [0.1, 0.15) is 6.61 Å². The fourth-order valence-corrected chi connectivity index (χ4v) is 7.30. The predicted molar refractivity (Wildman–Crippen MR) is 165 cm³/mol. The van der Waals surface area contributed by atoms with Crippen LogP contribution in [0, 0.1) is 0 Å². The number of hydrogen-bond acceptors (Lipinski definition) is 5. The minimum atomic E-state index is -3.36. The number of likely N-dealkylation sites (tertiary alicyclic amines) is 1. The van der Waals surface area contributed by atoms with Crippen molar-refractivity contribution in [1.82, 2.24) is 9.80 Å². The lowest BCUT2D eigenvalue weighted by molar-refractivity contribution is 0.0792. The van der Waals surface area contributed by atoms with Crippen LogP contribution in [0.1, 0.15) is 57.1 Å². The van der Waals surface area contributed by atoms with Gasteiger partial charge in [-0.3, -0.25) is 0 Å². The molecule has 0 spiro atoms. The van der Waals surface area contributed by atoms with Crippen LogP contribution in [0.15, 0.2) is 95.9 Å². The lowest BCUT2D eigenvalue weighted by Gasteiger charge is -2.33. The zero-order chi connectivity index (χ0) is 29.1. The Hall–Kier alpha value is -3.16. The highest BCUT2D eigenvalue weighted by atomic mass is 32.2. The molecule has 220 valence electrons. The molecular formula is C34H44N2O4S. The molecular weight excluding hydrogens is 532 g/mol. The summed E-state index contributed by atoms with van der Waals surface area (Å²) in [7, 11) is -3.36. The number of amides is 1. The molecule has 0 aromatic heterocycles. The van der Waals surface area contributed by atoms with E-state index in [4.69, 9.17) is 4.74 Å². The van der Waals surface area contributed by atoms with Gasteiger partial charge in [-0.25, -0.2) is 13.2 Å². The van der Waals surface area contributed by atoms with Gasteiger partial charge in [0.05, 0.1) is 10.6 Å². The van der Waals surface area contributed by atoms with Gasteiger partial charge < -0.3 is 14.5 Å². The maximum absolute atomic E-state index is 13.1. The molecule has 3 aromatic rings. The van der Waals surface area contributed by atoms with E-state index in [1.807, 2.05) is 66.4 Å². The van der Waals surface area contributed by atoms with Crippen LogP contribution in [0.25, 0.3) is 0 Å². The summed E-state index contributed by atoms with van der Waals surface area (Å²) in [5, 5.41) is 0. The van der Waals surface area contributed by atoms with Gasteiger partial charge in [-0.15, -0.1) is 0 Å². The van der Waals surface area contributed by atoms with E-state index >= 15 is 0 Å². The molecule has 0 aliphatic carbocycles. The number of benzene rings is 3. The second-order valence-electron chi connectivity index (χ2n) is 11.3. The summed E-state index contributed by atoms with van der Waals surface area (Å²) in [6.45, 7) is 7.88. The number of carbonyl (C=O) groups excluding carboxylic acids is 1. The van der Waals surface area contributed by atoms with E-state index in [1.54, 1.807) is 24.3 Å². The maximum Gasteiger partial charge on any atom is 0.410 e. The Bertz CT molecular complexity index is 1320. The summed E-state index contributed by atoms with van der Waals surface area (Å²) < 4.78 is 31.9. The molecule has 1 aliphatic heterocycles. The second kappa shape index (κ2) is 14.6. The molecule has 1 amide bonds. The molecule has 0 saturated carbocycles. The Morgan fingerprint density at radius 3 is 2.20 bits per heavy atom. The number of nitrogens with zero attached hydrogens (tertiary/aromatic N) is 2. The van der Waals surface area contributed by atoms with Crippen molar-refractivity contribution in [2.75, 3.05) is 31.9 Å². The van der Waals surface area contributed by atoms with Crippen molar-refractivity contribution in [3.8, 4) is 0 Å². The van der Waals surface area contributed by atoms with Gasteiger partial charge in [0.25, 0.3) is 0 Å². The molecule has 0 radical (unpaired) electrons. The van der Waals surface area contributed by atoms with Gasteiger partial charge in [-0.05, 0) is 80.8 Å². The average Bonchev–Trinajstić information content (AvgIpc) is 3.25. The van der Waals surface area contributed by atoms with Gasteiger partial charge >= 0.3 is 6.09 Å². The minimum absolute atomic E-state index is 0.112. The summed E-state index contributed by atoms with van der Waals surface area (Å²) >= 11 is 0. The van der Waals surface area contributed by atoms with Crippen molar-refractivity contribution in [3.63, 3.8) is 0 Å². The van der Waals surface area contributed by atoms with Crippen molar-refractivity contribution in [1.29, 1.82) is 0 Å². The first kappa shape index (κ1) is 30.8. The average molecular weight is 577 g/mol. The highest BCUT2D eigenvalue weighted by molar-refractivity contribution is 7.91. The molecule has 2 atom stereocenters. The first-order chi connectivity index (χ1) is 19.8. The number of carbonyl (C=O) groups is 1. The fourth-order valence-electron chi connectivity index (χ4n) is 5.78. The third kappa shape index (κ3) is 8.66. The third-order valence-electron chi connectivity index (χ3n) is 8.49. The van der Waals surface area contributed by atoms with Gasteiger partial charge in [-0.1, -0.05) is 85.8 Å². The topological polar surface area (TPSA) is 66.9 Å². The van der Waals surface area contributed by atoms with Crippen LogP contribution >= 0.6 is 0 Å². The second-order valence-corrected chi connectivity index (χ2v) is 13.4. The van der Waals surface area contributed by atoms with Gasteiger partial charge in [-0.2, -0.15) is 0 Å². The van der Waals surface area contributed by atoms with Crippen LogP contribution in [0.4, 0.5) is 4.79 Å². The van der Waals surface area contributed by atoms with E-state index in [0.717, 1.165) is 50.9 Å². The molecule has 1 fully saturated rings. The van der Waals surface area contributed by atoms with E-state index in [2.05, 4.69) is 24.0 Å². The smallest absolute Gasteiger partial charge is 0.410 e. The van der Waals surface area contributed by atoms with Crippen LogP contribution in [-0.4, -0.2) is 62.3 Å². The molecule has 4 rings (SSSR count). The third-order valence-corrected chi connectivity index (χ3v) is 10.2. The largest absolute Gasteiger partial charge is 0.445 e. The Labute approximate surface area is 246 Å². The highest BCUT2D eigenvalue weighted by Gasteiger charge is 2.31. The zero-order valence-corrected chi connectivity index (χ0v) is 25.3. The normalized spacial score (nSPS) is 17.8. The molecule has 2 unspecified atom stereocenters. The predicted octanol–water partition coefficient (Wildman–Crippen LogP) is 6.71. The van der Waals surface area contributed by atoms with Crippen molar-refractivity contribution in [2.45, 2.75) is 68.9 Å². The summed E-state index contributed by atoms with van der Waals surface area (Å²) in [5.74, 6) is 0.112. The van der Waals surface area contributed by atoms with E-state index < -0.39 is 9.84 Å². The number of hydrogen-bond donors (Lipinski definition) is 0. The number of rotatable bonds is 12. The van der Waals surface area contributed by atoms with Crippen molar-refractivity contribution in [2.24, 2.45) is 0 Å². The Kier molecular flexibility index (Phi) is 11.0. The lowest BCUT2D eigenvalue weighted by Crippen LogP contribution is -2.41. The Morgan fingerprint density at radius 1 is 0.902 bits per heavy atom.